The van der Waals surface area contributed by atoms with Crippen LogP contribution < -0.4 is 0 Å². The van der Waals surface area contributed by atoms with Gasteiger partial charge in [0.15, 0.2) is 0 Å². The maximum atomic E-state index is 12.0. The standard InChI is InChI=1S/C13H15IN4O/c1-13(2)8-17(12(13)19)10-5-3-4-9(6-10)11-7-18(14)16-15-11/h3,5-7,9H,4,8H2,1-2H3. The molecular formula is C13H15IN4O. The van der Waals surface area contributed by atoms with Crippen LogP contribution in [0.25, 0.3) is 0 Å². The van der Waals surface area contributed by atoms with Crippen LogP contribution in [0.4, 0.5) is 0 Å². The van der Waals surface area contributed by atoms with Crippen molar-refractivity contribution in [2.45, 2.75) is 26.2 Å². The molecule has 0 bridgehead atoms. The van der Waals surface area contributed by atoms with E-state index >= 15 is 0 Å². The quantitative estimate of drug-likeness (QED) is 0.593. The summed E-state index contributed by atoms with van der Waals surface area (Å²) in [5, 5.41) is 8.10. The Morgan fingerprint density at radius 1 is 1.47 bits per heavy atom. The van der Waals surface area contributed by atoms with Crippen LogP contribution in [0.1, 0.15) is 31.9 Å². The Hall–Kier alpha value is -1.18. The van der Waals surface area contributed by atoms with Gasteiger partial charge in [0.2, 0.25) is 5.91 Å². The predicted octanol–water partition coefficient (Wildman–Crippen LogP) is 2.27. The van der Waals surface area contributed by atoms with Gasteiger partial charge in [-0.3, -0.25) is 4.79 Å². The van der Waals surface area contributed by atoms with Gasteiger partial charge in [0.25, 0.3) is 0 Å². The molecule has 100 valence electrons. The molecule has 0 aromatic carbocycles. The van der Waals surface area contributed by atoms with Crippen LogP contribution in [0.15, 0.2) is 30.1 Å². The minimum atomic E-state index is -0.215. The van der Waals surface area contributed by atoms with E-state index in [4.69, 9.17) is 0 Å². The van der Waals surface area contributed by atoms with Crippen molar-refractivity contribution in [3.63, 3.8) is 0 Å². The lowest BCUT2D eigenvalue weighted by molar-refractivity contribution is -0.152. The van der Waals surface area contributed by atoms with Crippen molar-refractivity contribution in [2.24, 2.45) is 5.41 Å². The van der Waals surface area contributed by atoms with E-state index in [1.807, 2.05) is 31.0 Å². The number of hydrogen-bond donors (Lipinski definition) is 0. The van der Waals surface area contributed by atoms with E-state index < -0.39 is 0 Å². The third kappa shape index (κ3) is 2.22. The highest BCUT2D eigenvalue weighted by atomic mass is 127. The number of carbonyl (C=O) groups excluding carboxylic acids is 1. The average Bonchev–Trinajstić information content (AvgIpc) is 2.83. The summed E-state index contributed by atoms with van der Waals surface area (Å²) in [6, 6.07) is 0. The van der Waals surface area contributed by atoms with Gasteiger partial charge in [0.05, 0.1) is 40.2 Å². The van der Waals surface area contributed by atoms with Crippen molar-refractivity contribution in [3.05, 3.63) is 35.8 Å². The molecule has 1 aliphatic heterocycles. The van der Waals surface area contributed by atoms with Crippen LogP contribution in [-0.4, -0.2) is 30.6 Å². The number of halogens is 1. The number of nitrogens with zero attached hydrogens (tertiary/aromatic N) is 4. The first-order valence-electron chi connectivity index (χ1n) is 6.26. The van der Waals surface area contributed by atoms with Gasteiger partial charge in [-0.25, -0.2) is 0 Å². The van der Waals surface area contributed by atoms with E-state index in [2.05, 4.69) is 45.3 Å². The molecule has 0 saturated carbocycles. The molecule has 0 radical (unpaired) electrons. The van der Waals surface area contributed by atoms with Gasteiger partial charge >= 0.3 is 0 Å². The highest BCUT2D eigenvalue weighted by Gasteiger charge is 2.45. The van der Waals surface area contributed by atoms with Gasteiger partial charge in [-0.1, -0.05) is 17.4 Å². The molecule has 0 N–H and O–H groups in total. The zero-order chi connectivity index (χ0) is 13.6. The molecule has 3 rings (SSSR count). The first kappa shape index (κ1) is 12.8. The Morgan fingerprint density at radius 2 is 2.26 bits per heavy atom. The lowest BCUT2D eigenvalue weighted by Gasteiger charge is -2.45. The molecule has 2 heterocycles. The first-order chi connectivity index (χ1) is 8.97. The second-order valence-electron chi connectivity index (χ2n) is 5.64. The number of amides is 1. The number of likely N-dealkylation sites (tertiary alicyclic amines) is 1. The minimum absolute atomic E-state index is 0.196. The summed E-state index contributed by atoms with van der Waals surface area (Å²) in [7, 11) is 0. The van der Waals surface area contributed by atoms with Gasteiger partial charge < -0.3 is 4.90 Å². The Kier molecular flexibility index (Phi) is 2.99. The lowest BCUT2D eigenvalue weighted by Crippen LogP contribution is -2.57. The van der Waals surface area contributed by atoms with Crippen molar-refractivity contribution < 1.29 is 4.79 Å². The Balaban J connectivity index is 1.81. The van der Waals surface area contributed by atoms with Crippen molar-refractivity contribution in [1.82, 2.24) is 18.1 Å². The topological polar surface area (TPSA) is 51.0 Å². The summed E-state index contributed by atoms with van der Waals surface area (Å²) in [6.45, 7) is 4.75. The number of carbonyl (C=O) groups is 1. The molecule has 1 unspecified atom stereocenters. The van der Waals surface area contributed by atoms with E-state index in [9.17, 15) is 4.79 Å². The van der Waals surface area contributed by atoms with E-state index in [0.29, 0.717) is 0 Å². The summed E-state index contributed by atoms with van der Waals surface area (Å²) < 4.78 is 1.68. The maximum Gasteiger partial charge on any atom is 0.234 e. The van der Waals surface area contributed by atoms with Crippen molar-refractivity contribution in [1.29, 1.82) is 0 Å². The minimum Gasteiger partial charge on any atom is -0.311 e. The van der Waals surface area contributed by atoms with Gasteiger partial charge in [-0.15, -0.1) is 5.10 Å². The Bertz CT molecular complexity index is 587. The first-order valence-corrected chi connectivity index (χ1v) is 7.22. The van der Waals surface area contributed by atoms with E-state index in [-0.39, 0.29) is 17.2 Å². The lowest BCUT2D eigenvalue weighted by atomic mass is 9.81. The predicted molar refractivity (Wildman–Crippen MR) is 79.5 cm³/mol. The fourth-order valence-corrected chi connectivity index (χ4v) is 2.88. The second-order valence-corrected chi connectivity index (χ2v) is 6.63. The van der Waals surface area contributed by atoms with E-state index in [1.54, 1.807) is 2.90 Å². The summed E-state index contributed by atoms with van der Waals surface area (Å²) in [4.78, 5) is 13.9. The van der Waals surface area contributed by atoms with Crippen molar-refractivity contribution in [2.75, 3.05) is 6.54 Å². The second kappa shape index (κ2) is 4.43. The number of aromatic nitrogens is 3. The van der Waals surface area contributed by atoms with Crippen LogP contribution in [0, 0.1) is 5.41 Å². The highest BCUT2D eigenvalue weighted by Crippen LogP contribution is 2.37. The number of β-lactam (4-membered cyclic amide) rings is 1. The smallest absolute Gasteiger partial charge is 0.234 e. The molecule has 0 spiro atoms. The largest absolute Gasteiger partial charge is 0.311 e. The maximum absolute atomic E-state index is 12.0. The summed E-state index contributed by atoms with van der Waals surface area (Å²) in [5.41, 5.74) is 1.72. The van der Waals surface area contributed by atoms with Crippen LogP contribution >= 0.6 is 22.9 Å². The molecule has 6 heteroatoms. The molecule has 1 saturated heterocycles. The van der Waals surface area contributed by atoms with Crippen LogP contribution in [0.2, 0.25) is 0 Å². The third-order valence-corrected chi connectivity index (χ3v) is 4.08. The number of rotatable bonds is 2. The van der Waals surface area contributed by atoms with Crippen molar-refractivity contribution >= 4 is 28.8 Å². The number of hydrogen-bond acceptors (Lipinski definition) is 3. The van der Waals surface area contributed by atoms with Gasteiger partial charge in [0.1, 0.15) is 0 Å². The molecular weight excluding hydrogens is 355 g/mol. The molecule has 1 aromatic rings. The third-order valence-electron chi connectivity index (χ3n) is 3.60. The molecule has 2 aliphatic rings. The van der Waals surface area contributed by atoms with Crippen LogP contribution in [0.3, 0.4) is 0 Å². The van der Waals surface area contributed by atoms with E-state index in [0.717, 1.165) is 24.4 Å². The van der Waals surface area contributed by atoms with Gasteiger partial charge in [0, 0.05) is 18.2 Å². The van der Waals surface area contributed by atoms with Crippen LogP contribution in [-0.2, 0) is 4.79 Å². The Labute approximate surface area is 125 Å². The summed E-state index contributed by atoms with van der Waals surface area (Å²) in [5.74, 6) is 0.404. The van der Waals surface area contributed by atoms with Gasteiger partial charge in [-0.2, -0.15) is 2.90 Å². The summed E-state index contributed by atoms with van der Waals surface area (Å²) >= 11 is 2.08. The fraction of sp³-hybridized carbons (Fsp3) is 0.462. The summed E-state index contributed by atoms with van der Waals surface area (Å²) in [6.07, 6.45) is 9.07. The highest BCUT2D eigenvalue weighted by molar-refractivity contribution is 14.1. The zero-order valence-electron chi connectivity index (χ0n) is 10.9. The average molecular weight is 370 g/mol. The normalized spacial score (nSPS) is 25.2. The SMILES string of the molecule is CC1(C)CN(C2=CC(c3cn(I)nn3)CC=C2)C1=O. The molecule has 1 fully saturated rings. The molecule has 1 aliphatic carbocycles. The molecule has 1 amide bonds. The molecule has 1 aromatic heterocycles. The molecule has 19 heavy (non-hydrogen) atoms. The molecule has 5 nitrogen and oxygen atoms in total. The van der Waals surface area contributed by atoms with Crippen LogP contribution in [0.5, 0.6) is 0 Å². The van der Waals surface area contributed by atoms with Crippen molar-refractivity contribution in [3.8, 4) is 0 Å². The van der Waals surface area contributed by atoms with Gasteiger partial charge in [-0.05, 0) is 26.3 Å². The van der Waals surface area contributed by atoms with E-state index in [1.165, 1.54) is 0 Å². The Morgan fingerprint density at radius 3 is 2.84 bits per heavy atom. The number of allylic oxidation sites excluding steroid dienone is 3. The zero-order valence-corrected chi connectivity index (χ0v) is 13.0. The molecule has 1 atom stereocenters. The monoisotopic (exact) mass is 370 g/mol. The fourth-order valence-electron chi connectivity index (χ4n) is 2.49.